The second-order valence-corrected chi connectivity index (χ2v) is 5.36. The number of hydrogen-bond acceptors (Lipinski definition) is 1. The van der Waals surface area contributed by atoms with Crippen molar-refractivity contribution in [3.8, 4) is 0 Å². The number of nitrogens with one attached hydrogen (secondary N) is 1. The van der Waals surface area contributed by atoms with Crippen molar-refractivity contribution in [2.24, 2.45) is 0 Å². The van der Waals surface area contributed by atoms with Crippen molar-refractivity contribution in [2.45, 2.75) is 19.3 Å². The van der Waals surface area contributed by atoms with Crippen LogP contribution in [0.4, 0.5) is 10.5 Å². The summed E-state index contributed by atoms with van der Waals surface area (Å²) in [5, 5.41) is 2.84. The van der Waals surface area contributed by atoms with E-state index in [1.807, 2.05) is 18.2 Å². The first-order chi connectivity index (χ1) is 10.1. The SMILES string of the molecule is CN(C)C(=O)Nc1ccc(CCCc2ccccc2)cc1. The molecule has 0 bridgehead atoms. The van der Waals surface area contributed by atoms with Crippen molar-refractivity contribution in [1.82, 2.24) is 4.90 Å². The maximum atomic E-state index is 11.5. The molecule has 0 saturated heterocycles. The highest BCUT2D eigenvalue weighted by atomic mass is 16.2. The minimum Gasteiger partial charge on any atom is -0.331 e. The zero-order valence-corrected chi connectivity index (χ0v) is 12.7. The Morgan fingerprint density at radius 1 is 0.905 bits per heavy atom. The van der Waals surface area contributed by atoms with Gasteiger partial charge in [-0.05, 0) is 42.5 Å². The quantitative estimate of drug-likeness (QED) is 0.884. The first kappa shape index (κ1) is 15.1. The average Bonchev–Trinajstić information content (AvgIpc) is 2.50. The van der Waals surface area contributed by atoms with Gasteiger partial charge >= 0.3 is 6.03 Å². The normalized spacial score (nSPS) is 10.2. The first-order valence-corrected chi connectivity index (χ1v) is 7.26. The number of hydrogen-bond donors (Lipinski definition) is 1. The lowest BCUT2D eigenvalue weighted by Crippen LogP contribution is -2.27. The summed E-state index contributed by atoms with van der Waals surface area (Å²) in [4.78, 5) is 13.1. The second-order valence-electron chi connectivity index (χ2n) is 5.36. The maximum Gasteiger partial charge on any atom is 0.321 e. The number of nitrogens with zero attached hydrogens (tertiary/aromatic N) is 1. The molecular weight excluding hydrogens is 260 g/mol. The van der Waals surface area contributed by atoms with Crippen molar-refractivity contribution >= 4 is 11.7 Å². The number of anilines is 1. The van der Waals surface area contributed by atoms with E-state index in [4.69, 9.17) is 0 Å². The van der Waals surface area contributed by atoms with Crippen molar-refractivity contribution in [3.05, 3.63) is 65.7 Å². The molecule has 0 aliphatic carbocycles. The monoisotopic (exact) mass is 282 g/mol. The number of rotatable bonds is 5. The average molecular weight is 282 g/mol. The summed E-state index contributed by atoms with van der Waals surface area (Å²) < 4.78 is 0. The van der Waals surface area contributed by atoms with E-state index < -0.39 is 0 Å². The topological polar surface area (TPSA) is 32.3 Å². The highest BCUT2D eigenvalue weighted by Gasteiger charge is 2.03. The van der Waals surface area contributed by atoms with Crippen LogP contribution in [0.1, 0.15) is 17.5 Å². The van der Waals surface area contributed by atoms with E-state index in [0.29, 0.717) is 0 Å². The lowest BCUT2D eigenvalue weighted by molar-refractivity contribution is 0.230. The molecule has 0 aromatic heterocycles. The van der Waals surface area contributed by atoms with Crippen molar-refractivity contribution in [2.75, 3.05) is 19.4 Å². The van der Waals surface area contributed by atoms with E-state index in [9.17, 15) is 4.79 Å². The van der Waals surface area contributed by atoms with Gasteiger partial charge in [-0.2, -0.15) is 0 Å². The molecule has 1 N–H and O–H groups in total. The number of carbonyl (C=O) groups is 1. The molecule has 110 valence electrons. The number of aryl methyl sites for hydroxylation is 2. The van der Waals surface area contributed by atoms with Crippen LogP contribution in [0.15, 0.2) is 54.6 Å². The Bertz CT molecular complexity index is 562. The summed E-state index contributed by atoms with van der Waals surface area (Å²) in [6.45, 7) is 0. The number of carbonyl (C=O) groups excluding carboxylic acids is 1. The molecule has 0 fully saturated rings. The Morgan fingerprint density at radius 2 is 1.48 bits per heavy atom. The van der Waals surface area contributed by atoms with Crippen LogP contribution in [0, 0.1) is 0 Å². The van der Waals surface area contributed by atoms with Crippen LogP contribution in [-0.4, -0.2) is 25.0 Å². The van der Waals surface area contributed by atoms with Gasteiger partial charge < -0.3 is 10.2 Å². The molecule has 0 spiro atoms. The molecule has 0 aliphatic rings. The van der Waals surface area contributed by atoms with E-state index in [-0.39, 0.29) is 6.03 Å². The highest BCUT2D eigenvalue weighted by Crippen LogP contribution is 2.13. The summed E-state index contributed by atoms with van der Waals surface area (Å²) in [5.74, 6) is 0. The van der Waals surface area contributed by atoms with Crippen molar-refractivity contribution in [1.29, 1.82) is 0 Å². The van der Waals surface area contributed by atoms with Crippen LogP contribution >= 0.6 is 0 Å². The summed E-state index contributed by atoms with van der Waals surface area (Å²) in [7, 11) is 3.46. The fraction of sp³-hybridized carbons (Fsp3) is 0.278. The molecular formula is C18H22N2O. The minimum atomic E-state index is -0.105. The largest absolute Gasteiger partial charge is 0.331 e. The van der Waals surface area contributed by atoms with Gasteiger partial charge in [0.2, 0.25) is 0 Å². The lowest BCUT2D eigenvalue weighted by atomic mass is 10.0. The molecule has 0 heterocycles. The van der Waals surface area contributed by atoms with Gasteiger partial charge in [-0.25, -0.2) is 4.79 Å². The molecule has 3 nitrogen and oxygen atoms in total. The van der Waals surface area contributed by atoms with E-state index in [0.717, 1.165) is 24.9 Å². The Balaban J connectivity index is 1.81. The molecule has 0 atom stereocenters. The van der Waals surface area contributed by atoms with Crippen LogP contribution in [0.3, 0.4) is 0 Å². The first-order valence-electron chi connectivity index (χ1n) is 7.26. The Hall–Kier alpha value is -2.29. The molecule has 2 rings (SSSR count). The number of benzene rings is 2. The lowest BCUT2D eigenvalue weighted by Gasteiger charge is -2.12. The smallest absolute Gasteiger partial charge is 0.321 e. The summed E-state index contributed by atoms with van der Waals surface area (Å²) in [5.41, 5.74) is 3.52. The van der Waals surface area contributed by atoms with Crippen LogP contribution in [0.2, 0.25) is 0 Å². The summed E-state index contributed by atoms with van der Waals surface area (Å²) >= 11 is 0. The molecule has 21 heavy (non-hydrogen) atoms. The molecule has 0 aliphatic heterocycles. The third-order valence-corrected chi connectivity index (χ3v) is 3.39. The zero-order valence-electron chi connectivity index (χ0n) is 12.7. The number of amides is 2. The highest BCUT2D eigenvalue weighted by molar-refractivity contribution is 5.88. The Labute approximate surface area is 126 Å². The van der Waals surface area contributed by atoms with Gasteiger partial charge in [0.25, 0.3) is 0 Å². The van der Waals surface area contributed by atoms with Crippen LogP contribution in [0.25, 0.3) is 0 Å². The van der Waals surface area contributed by atoms with Gasteiger partial charge in [0, 0.05) is 19.8 Å². The second kappa shape index (κ2) is 7.48. The molecule has 2 aromatic rings. The molecule has 2 aromatic carbocycles. The van der Waals surface area contributed by atoms with Crippen molar-refractivity contribution in [3.63, 3.8) is 0 Å². The van der Waals surface area contributed by atoms with Gasteiger partial charge in [0.15, 0.2) is 0 Å². The van der Waals surface area contributed by atoms with E-state index in [1.165, 1.54) is 16.0 Å². The van der Waals surface area contributed by atoms with Gasteiger partial charge in [0.05, 0.1) is 0 Å². The van der Waals surface area contributed by atoms with Gasteiger partial charge in [0.1, 0.15) is 0 Å². The molecule has 0 saturated carbocycles. The fourth-order valence-electron chi connectivity index (χ4n) is 2.13. The van der Waals surface area contributed by atoms with Crippen LogP contribution < -0.4 is 5.32 Å². The van der Waals surface area contributed by atoms with Crippen LogP contribution in [0.5, 0.6) is 0 Å². The van der Waals surface area contributed by atoms with Crippen LogP contribution in [-0.2, 0) is 12.8 Å². The van der Waals surface area contributed by atoms with E-state index >= 15 is 0 Å². The van der Waals surface area contributed by atoms with E-state index in [2.05, 4.69) is 41.7 Å². The van der Waals surface area contributed by atoms with Gasteiger partial charge in [-0.1, -0.05) is 42.5 Å². The standard InChI is InChI=1S/C18H22N2O/c1-20(2)18(21)19-17-13-11-16(12-14-17)10-6-9-15-7-4-3-5-8-15/h3-5,7-8,11-14H,6,9-10H2,1-2H3,(H,19,21). The third-order valence-electron chi connectivity index (χ3n) is 3.39. The molecule has 2 amide bonds. The molecule has 0 radical (unpaired) electrons. The zero-order chi connectivity index (χ0) is 15.1. The number of urea groups is 1. The third kappa shape index (κ3) is 4.95. The molecule has 3 heteroatoms. The minimum absolute atomic E-state index is 0.105. The van der Waals surface area contributed by atoms with Crippen molar-refractivity contribution < 1.29 is 4.79 Å². The summed E-state index contributed by atoms with van der Waals surface area (Å²) in [6, 6.07) is 18.5. The van der Waals surface area contributed by atoms with E-state index in [1.54, 1.807) is 14.1 Å². The summed E-state index contributed by atoms with van der Waals surface area (Å²) in [6.07, 6.45) is 3.28. The Kier molecular flexibility index (Phi) is 5.38. The predicted molar refractivity (Wildman–Crippen MR) is 87.6 cm³/mol. The maximum absolute atomic E-state index is 11.5. The fourth-order valence-corrected chi connectivity index (χ4v) is 2.13. The predicted octanol–water partition coefficient (Wildman–Crippen LogP) is 3.96. The van der Waals surface area contributed by atoms with Gasteiger partial charge in [-0.3, -0.25) is 0 Å². The molecule has 0 unspecified atom stereocenters. The Morgan fingerprint density at radius 3 is 2.05 bits per heavy atom. The van der Waals surface area contributed by atoms with Gasteiger partial charge in [-0.15, -0.1) is 0 Å².